The van der Waals surface area contributed by atoms with E-state index in [1.54, 1.807) is 0 Å². The van der Waals surface area contributed by atoms with Gasteiger partial charge in [0, 0.05) is 12.1 Å². The summed E-state index contributed by atoms with van der Waals surface area (Å²) >= 11 is 0. The summed E-state index contributed by atoms with van der Waals surface area (Å²) in [6.45, 7) is 2.15. The first-order valence-electron chi connectivity index (χ1n) is 7.30. The first-order valence-corrected chi connectivity index (χ1v) is 7.30. The number of benzene rings is 2. The summed E-state index contributed by atoms with van der Waals surface area (Å²) in [7, 11) is 0. The average Bonchev–Trinajstić information content (AvgIpc) is 2.48. The van der Waals surface area contributed by atoms with Crippen LogP contribution in [0, 0.1) is 5.82 Å². The van der Waals surface area contributed by atoms with Gasteiger partial charge in [0.25, 0.3) is 0 Å². The second-order valence-corrected chi connectivity index (χ2v) is 5.65. The third kappa shape index (κ3) is 2.91. The summed E-state index contributed by atoms with van der Waals surface area (Å²) in [6, 6.07) is 16.2. The Morgan fingerprint density at radius 1 is 1.05 bits per heavy atom. The predicted octanol–water partition coefficient (Wildman–Crippen LogP) is 4.03. The summed E-state index contributed by atoms with van der Waals surface area (Å²) in [5, 5.41) is 3.67. The number of hydrogen-bond donors (Lipinski definition) is 1. The van der Waals surface area contributed by atoms with Gasteiger partial charge in [0.1, 0.15) is 5.82 Å². The molecule has 1 aliphatic rings. The van der Waals surface area contributed by atoms with Gasteiger partial charge in [0.15, 0.2) is 0 Å². The standard InChI is InChI=1S/C18H20FN/c1-13(14-6-9-17(19)10-7-14)20-18-11-8-15-4-2-3-5-16(15)12-18/h2-7,9-10,13,18,20H,8,11-12H2,1H3/t13-,18?/m0/s1. The minimum atomic E-state index is -0.174. The van der Waals surface area contributed by atoms with Gasteiger partial charge in [-0.1, -0.05) is 36.4 Å². The van der Waals surface area contributed by atoms with Crippen LogP contribution in [-0.4, -0.2) is 6.04 Å². The van der Waals surface area contributed by atoms with E-state index in [0.29, 0.717) is 6.04 Å². The van der Waals surface area contributed by atoms with Crippen molar-refractivity contribution in [3.63, 3.8) is 0 Å². The molecule has 2 aromatic rings. The van der Waals surface area contributed by atoms with Crippen LogP contribution in [-0.2, 0) is 12.8 Å². The lowest BCUT2D eigenvalue weighted by Gasteiger charge is -2.28. The third-order valence-corrected chi connectivity index (χ3v) is 4.20. The van der Waals surface area contributed by atoms with Gasteiger partial charge in [-0.15, -0.1) is 0 Å². The van der Waals surface area contributed by atoms with Crippen LogP contribution in [0.4, 0.5) is 4.39 Å². The smallest absolute Gasteiger partial charge is 0.123 e. The zero-order valence-corrected chi connectivity index (χ0v) is 11.8. The molecule has 1 nitrogen and oxygen atoms in total. The van der Waals surface area contributed by atoms with Crippen molar-refractivity contribution in [2.45, 2.75) is 38.3 Å². The highest BCUT2D eigenvalue weighted by atomic mass is 19.1. The number of nitrogens with one attached hydrogen (secondary N) is 1. The van der Waals surface area contributed by atoms with Crippen molar-refractivity contribution in [3.8, 4) is 0 Å². The fourth-order valence-corrected chi connectivity index (χ4v) is 3.04. The van der Waals surface area contributed by atoms with Crippen molar-refractivity contribution in [2.24, 2.45) is 0 Å². The van der Waals surface area contributed by atoms with Crippen LogP contribution in [0.2, 0.25) is 0 Å². The lowest BCUT2D eigenvalue weighted by atomic mass is 9.88. The minimum absolute atomic E-state index is 0.174. The first-order chi connectivity index (χ1) is 9.72. The summed E-state index contributed by atoms with van der Waals surface area (Å²) in [6.07, 6.45) is 3.40. The quantitative estimate of drug-likeness (QED) is 0.887. The Morgan fingerprint density at radius 3 is 2.50 bits per heavy atom. The van der Waals surface area contributed by atoms with Gasteiger partial charge in [-0.25, -0.2) is 4.39 Å². The molecule has 2 aromatic carbocycles. The Balaban J connectivity index is 1.66. The van der Waals surface area contributed by atoms with Crippen molar-refractivity contribution in [3.05, 3.63) is 71.0 Å². The molecule has 0 spiro atoms. The Morgan fingerprint density at radius 2 is 1.75 bits per heavy atom. The SMILES string of the molecule is C[C@H](NC1CCc2ccccc2C1)c1ccc(F)cc1. The van der Waals surface area contributed by atoms with Crippen LogP contribution < -0.4 is 5.32 Å². The molecule has 20 heavy (non-hydrogen) atoms. The highest BCUT2D eigenvalue weighted by molar-refractivity contribution is 5.30. The Kier molecular flexibility index (Phi) is 3.83. The average molecular weight is 269 g/mol. The molecular formula is C18H20FN. The van der Waals surface area contributed by atoms with Crippen LogP contribution in [0.25, 0.3) is 0 Å². The first kappa shape index (κ1) is 13.3. The summed E-state index contributed by atoms with van der Waals surface area (Å²) in [4.78, 5) is 0. The third-order valence-electron chi connectivity index (χ3n) is 4.20. The van der Waals surface area contributed by atoms with E-state index in [0.717, 1.165) is 18.4 Å². The van der Waals surface area contributed by atoms with Crippen molar-refractivity contribution >= 4 is 0 Å². The van der Waals surface area contributed by atoms with E-state index in [-0.39, 0.29) is 11.9 Å². The van der Waals surface area contributed by atoms with E-state index < -0.39 is 0 Å². The second-order valence-electron chi connectivity index (χ2n) is 5.65. The Hall–Kier alpha value is -1.67. The topological polar surface area (TPSA) is 12.0 Å². The van der Waals surface area contributed by atoms with Crippen LogP contribution in [0.15, 0.2) is 48.5 Å². The zero-order chi connectivity index (χ0) is 13.9. The van der Waals surface area contributed by atoms with E-state index in [1.165, 1.54) is 29.7 Å². The molecule has 0 aromatic heterocycles. The van der Waals surface area contributed by atoms with Gasteiger partial charge in [-0.3, -0.25) is 0 Å². The molecule has 0 fully saturated rings. The number of hydrogen-bond acceptors (Lipinski definition) is 1. The van der Waals surface area contributed by atoms with Crippen molar-refractivity contribution in [1.29, 1.82) is 0 Å². The number of aryl methyl sites for hydroxylation is 1. The normalized spacial score (nSPS) is 19.4. The molecule has 0 amide bonds. The fourth-order valence-electron chi connectivity index (χ4n) is 3.04. The largest absolute Gasteiger partial charge is 0.307 e. The Bertz CT molecular complexity index is 576. The molecule has 0 radical (unpaired) electrons. The van der Waals surface area contributed by atoms with E-state index >= 15 is 0 Å². The van der Waals surface area contributed by atoms with Gasteiger partial charge in [-0.2, -0.15) is 0 Å². The maximum Gasteiger partial charge on any atom is 0.123 e. The second kappa shape index (κ2) is 5.76. The zero-order valence-electron chi connectivity index (χ0n) is 11.8. The van der Waals surface area contributed by atoms with Crippen molar-refractivity contribution in [1.82, 2.24) is 5.32 Å². The van der Waals surface area contributed by atoms with Gasteiger partial charge in [0.05, 0.1) is 0 Å². The highest BCUT2D eigenvalue weighted by Crippen LogP contribution is 2.23. The molecule has 1 aliphatic carbocycles. The molecule has 1 N–H and O–H groups in total. The Labute approximate surface area is 119 Å². The summed E-state index contributed by atoms with van der Waals surface area (Å²) in [5.41, 5.74) is 4.09. The molecule has 0 saturated carbocycles. The summed E-state index contributed by atoms with van der Waals surface area (Å²) < 4.78 is 13.0. The van der Waals surface area contributed by atoms with E-state index in [9.17, 15) is 4.39 Å². The van der Waals surface area contributed by atoms with E-state index in [1.807, 2.05) is 12.1 Å². The monoisotopic (exact) mass is 269 g/mol. The maximum absolute atomic E-state index is 13.0. The van der Waals surface area contributed by atoms with Crippen LogP contribution in [0.5, 0.6) is 0 Å². The van der Waals surface area contributed by atoms with Gasteiger partial charge >= 0.3 is 0 Å². The van der Waals surface area contributed by atoms with Crippen molar-refractivity contribution < 1.29 is 4.39 Å². The number of fused-ring (bicyclic) bond motifs is 1. The van der Waals surface area contributed by atoms with Crippen LogP contribution in [0.1, 0.15) is 36.1 Å². The maximum atomic E-state index is 13.0. The van der Waals surface area contributed by atoms with Crippen LogP contribution >= 0.6 is 0 Å². The lowest BCUT2D eigenvalue weighted by molar-refractivity contribution is 0.413. The molecular weight excluding hydrogens is 249 g/mol. The summed E-state index contributed by atoms with van der Waals surface area (Å²) in [5.74, 6) is -0.174. The van der Waals surface area contributed by atoms with E-state index in [4.69, 9.17) is 0 Å². The molecule has 1 unspecified atom stereocenters. The fraction of sp³-hybridized carbons (Fsp3) is 0.333. The molecule has 104 valence electrons. The number of halogens is 1. The predicted molar refractivity (Wildman–Crippen MR) is 80.2 cm³/mol. The van der Waals surface area contributed by atoms with Gasteiger partial charge < -0.3 is 5.32 Å². The van der Waals surface area contributed by atoms with Gasteiger partial charge in [0.2, 0.25) is 0 Å². The molecule has 3 rings (SSSR count). The van der Waals surface area contributed by atoms with Crippen LogP contribution in [0.3, 0.4) is 0 Å². The molecule has 2 heteroatoms. The highest BCUT2D eigenvalue weighted by Gasteiger charge is 2.19. The van der Waals surface area contributed by atoms with Crippen molar-refractivity contribution in [2.75, 3.05) is 0 Å². The lowest BCUT2D eigenvalue weighted by Crippen LogP contribution is -2.36. The molecule has 0 aliphatic heterocycles. The molecule has 2 atom stereocenters. The number of rotatable bonds is 3. The van der Waals surface area contributed by atoms with Gasteiger partial charge in [-0.05, 0) is 55.0 Å². The van der Waals surface area contributed by atoms with E-state index in [2.05, 4.69) is 36.5 Å². The molecule has 0 bridgehead atoms. The minimum Gasteiger partial charge on any atom is -0.307 e. The molecule has 0 heterocycles. The molecule has 0 saturated heterocycles.